The number of aryl methyl sites for hydroxylation is 2. The Balaban J connectivity index is 1.57. The number of nitrogens with zero attached hydrogens (tertiary/aromatic N) is 4. The van der Waals surface area contributed by atoms with Crippen LogP contribution in [0.5, 0.6) is 0 Å². The average molecular weight is 494 g/mol. The van der Waals surface area contributed by atoms with Crippen molar-refractivity contribution in [1.82, 2.24) is 20.3 Å². The molecule has 2 amide bonds. The molecule has 0 aliphatic carbocycles. The fourth-order valence-corrected chi connectivity index (χ4v) is 4.50. The summed E-state index contributed by atoms with van der Waals surface area (Å²) in [5, 5.41) is 11.3. The second-order valence-corrected chi connectivity index (χ2v) is 8.96. The van der Waals surface area contributed by atoms with E-state index in [0.717, 1.165) is 16.6 Å². The normalized spacial score (nSPS) is 11.8. The molecular formula is C29H27N5O3. The molecule has 5 rings (SSSR count). The highest BCUT2D eigenvalue weighted by Crippen LogP contribution is 2.30. The van der Waals surface area contributed by atoms with Gasteiger partial charge in [0.25, 0.3) is 0 Å². The number of para-hydroxylation sites is 1. The van der Waals surface area contributed by atoms with Crippen molar-refractivity contribution in [1.29, 1.82) is 0 Å². The van der Waals surface area contributed by atoms with E-state index in [4.69, 9.17) is 4.42 Å². The first-order chi connectivity index (χ1) is 18.0. The molecule has 0 unspecified atom stereocenters. The zero-order chi connectivity index (χ0) is 25.8. The number of benzene rings is 3. The van der Waals surface area contributed by atoms with Crippen LogP contribution >= 0.6 is 0 Å². The van der Waals surface area contributed by atoms with Crippen LogP contribution in [0.3, 0.4) is 0 Å². The molecule has 0 aliphatic heterocycles. The van der Waals surface area contributed by atoms with Gasteiger partial charge in [0, 0.05) is 5.69 Å². The third-order valence-corrected chi connectivity index (χ3v) is 6.10. The number of hydrogen-bond donors (Lipinski definition) is 1. The minimum Gasteiger partial charge on any atom is -0.467 e. The molecule has 3 aromatic carbocycles. The van der Waals surface area contributed by atoms with Crippen molar-refractivity contribution >= 4 is 28.5 Å². The smallest absolute Gasteiger partial charge is 0.249 e. The van der Waals surface area contributed by atoms with Crippen molar-refractivity contribution in [2.45, 2.75) is 33.0 Å². The molecule has 8 nitrogen and oxygen atoms in total. The lowest BCUT2D eigenvalue weighted by molar-refractivity contribution is -0.127. The number of aromatic nitrogens is 3. The Bertz CT molecular complexity index is 1510. The predicted molar refractivity (Wildman–Crippen MR) is 141 cm³/mol. The van der Waals surface area contributed by atoms with Gasteiger partial charge in [-0.3, -0.25) is 14.5 Å². The van der Waals surface area contributed by atoms with Gasteiger partial charge in [-0.2, -0.15) is 0 Å². The van der Waals surface area contributed by atoms with Crippen LogP contribution < -0.4 is 10.2 Å². The molecule has 5 aromatic rings. The van der Waals surface area contributed by atoms with Gasteiger partial charge >= 0.3 is 0 Å². The molecule has 8 heteroatoms. The Morgan fingerprint density at radius 2 is 1.68 bits per heavy atom. The van der Waals surface area contributed by atoms with Crippen LogP contribution in [-0.2, 0) is 22.7 Å². The summed E-state index contributed by atoms with van der Waals surface area (Å²) >= 11 is 0. The lowest BCUT2D eigenvalue weighted by Crippen LogP contribution is -2.45. The van der Waals surface area contributed by atoms with Gasteiger partial charge in [-0.1, -0.05) is 53.7 Å². The van der Waals surface area contributed by atoms with Gasteiger partial charge in [0.15, 0.2) is 0 Å². The van der Waals surface area contributed by atoms with E-state index in [9.17, 15) is 9.59 Å². The first kappa shape index (κ1) is 24.0. The minimum absolute atomic E-state index is 0.0811. The predicted octanol–water partition coefficient (Wildman–Crippen LogP) is 4.73. The zero-order valence-corrected chi connectivity index (χ0v) is 20.7. The van der Waals surface area contributed by atoms with E-state index in [0.29, 0.717) is 22.5 Å². The quantitative estimate of drug-likeness (QED) is 0.337. The van der Waals surface area contributed by atoms with E-state index in [1.165, 1.54) is 0 Å². The molecule has 0 saturated heterocycles. The van der Waals surface area contributed by atoms with Crippen molar-refractivity contribution in [3.63, 3.8) is 0 Å². The summed E-state index contributed by atoms with van der Waals surface area (Å²) in [4.78, 5) is 29.4. The Morgan fingerprint density at radius 1 is 0.946 bits per heavy atom. The fourth-order valence-electron chi connectivity index (χ4n) is 4.50. The summed E-state index contributed by atoms with van der Waals surface area (Å²) in [6.07, 6.45) is 1.56. The van der Waals surface area contributed by atoms with E-state index in [-0.39, 0.29) is 24.9 Å². The molecule has 2 heterocycles. The van der Waals surface area contributed by atoms with E-state index >= 15 is 0 Å². The number of furan rings is 1. The Labute approximate surface area is 214 Å². The van der Waals surface area contributed by atoms with Crippen molar-refractivity contribution < 1.29 is 14.0 Å². The average Bonchev–Trinajstić information content (AvgIpc) is 3.56. The van der Waals surface area contributed by atoms with Gasteiger partial charge in [0.2, 0.25) is 11.8 Å². The maximum atomic E-state index is 14.1. The van der Waals surface area contributed by atoms with Crippen molar-refractivity contribution in [2.75, 3.05) is 4.90 Å². The largest absolute Gasteiger partial charge is 0.467 e. The second kappa shape index (κ2) is 10.5. The summed E-state index contributed by atoms with van der Waals surface area (Å²) in [5.74, 6) is 0.0136. The van der Waals surface area contributed by atoms with Gasteiger partial charge in [-0.05, 0) is 66.9 Å². The van der Waals surface area contributed by atoms with Crippen LogP contribution in [0.15, 0.2) is 95.6 Å². The van der Waals surface area contributed by atoms with Crippen LogP contribution in [0.4, 0.5) is 5.69 Å². The van der Waals surface area contributed by atoms with E-state index < -0.39 is 6.04 Å². The molecule has 37 heavy (non-hydrogen) atoms. The highest BCUT2D eigenvalue weighted by molar-refractivity contribution is 6.01. The molecule has 1 atom stereocenters. The van der Waals surface area contributed by atoms with Gasteiger partial charge in [0.05, 0.1) is 18.3 Å². The first-order valence-corrected chi connectivity index (χ1v) is 12.0. The molecule has 2 aromatic heterocycles. The lowest BCUT2D eigenvalue weighted by atomic mass is 10.0. The Morgan fingerprint density at radius 3 is 2.41 bits per heavy atom. The lowest BCUT2D eigenvalue weighted by Gasteiger charge is -2.32. The molecule has 0 bridgehead atoms. The number of amides is 2. The highest BCUT2D eigenvalue weighted by Gasteiger charge is 2.33. The number of rotatable bonds is 8. The maximum Gasteiger partial charge on any atom is 0.249 e. The number of nitrogens with one attached hydrogen (secondary N) is 1. The minimum atomic E-state index is -0.917. The molecule has 0 spiro atoms. The molecule has 1 N–H and O–H groups in total. The summed E-state index contributed by atoms with van der Waals surface area (Å²) in [5.41, 5.74) is 4.74. The van der Waals surface area contributed by atoms with E-state index in [1.54, 1.807) is 28.0 Å². The molecular weight excluding hydrogens is 466 g/mol. The fraction of sp³-hybridized carbons (Fsp3) is 0.172. The monoisotopic (exact) mass is 493 g/mol. The number of hydrogen-bond acceptors (Lipinski definition) is 5. The summed E-state index contributed by atoms with van der Waals surface area (Å²) in [6.45, 7) is 4.07. The summed E-state index contributed by atoms with van der Waals surface area (Å²) in [7, 11) is 0. The van der Waals surface area contributed by atoms with Gasteiger partial charge < -0.3 is 9.73 Å². The molecule has 0 saturated carbocycles. The third kappa shape index (κ3) is 5.28. The van der Waals surface area contributed by atoms with Crippen molar-refractivity contribution in [3.05, 3.63) is 114 Å². The number of carbonyl (C=O) groups is 2. The maximum absolute atomic E-state index is 14.1. The van der Waals surface area contributed by atoms with Crippen molar-refractivity contribution in [3.8, 4) is 0 Å². The molecule has 0 radical (unpaired) electrons. The number of carbonyl (C=O) groups excluding carboxylic acids is 2. The van der Waals surface area contributed by atoms with Crippen LogP contribution in [0.25, 0.3) is 11.0 Å². The van der Waals surface area contributed by atoms with Gasteiger partial charge in [-0.15, -0.1) is 5.10 Å². The second-order valence-electron chi connectivity index (χ2n) is 8.96. The van der Waals surface area contributed by atoms with Crippen LogP contribution in [-0.4, -0.2) is 26.8 Å². The molecule has 0 fully saturated rings. The van der Waals surface area contributed by atoms with Crippen LogP contribution in [0.1, 0.15) is 28.5 Å². The topological polar surface area (TPSA) is 93.3 Å². The third-order valence-electron chi connectivity index (χ3n) is 6.10. The first-order valence-electron chi connectivity index (χ1n) is 12.0. The van der Waals surface area contributed by atoms with E-state index in [1.807, 2.05) is 86.6 Å². The van der Waals surface area contributed by atoms with Crippen LogP contribution in [0, 0.1) is 13.8 Å². The number of anilines is 1. The highest BCUT2D eigenvalue weighted by atomic mass is 16.3. The Hall–Kier alpha value is -4.72. The number of fused-ring (bicyclic) bond motifs is 1. The molecule has 186 valence electrons. The van der Waals surface area contributed by atoms with E-state index in [2.05, 4.69) is 15.6 Å². The zero-order valence-electron chi connectivity index (χ0n) is 20.7. The SMILES string of the molecule is Cc1cc(C)cc(N(C(=O)Cn2nnc3ccccc32)[C@H](C(=O)NCc2ccco2)c2ccccc2)c1. The summed E-state index contributed by atoms with van der Waals surface area (Å²) in [6, 6.07) is 25.3. The summed E-state index contributed by atoms with van der Waals surface area (Å²) < 4.78 is 6.96. The van der Waals surface area contributed by atoms with Gasteiger partial charge in [-0.25, -0.2) is 4.68 Å². The van der Waals surface area contributed by atoms with Crippen molar-refractivity contribution in [2.24, 2.45) is 0 Å². The van der Waals surface area contributed by atoms with Gasteiger partial charge in [0.1, 0.15) is 23.9 Å². The standard InChI is InChI=1S/C29H27N5O3/c1-20-15-21(2)17-23(16-20)34(27(35)19-33-26-13-7-6-12-25(26)31-32-33)28(22-9-4-3-5-10-22)29(36)30-18-24-11-8-14-37-24/h3-17,28H,18-19H2,1-2H3,(H,30,36)/t28-/m0/s1. The molecule has 0 aliphatic rings. The van der Waals surface area contributed by atoms with Crippen LogP contribution in [0.2, 0.25) is 0 Å². The Kier molecular flexibility index (Phi) is 6.81.